The number of para-hydroxylation sites is 2. The zero-order chi connectivity index (χ0) is 47.3. The number of thiazole rings is 1. The molecule has 0 aliphatic heterocycles. The maximum Gasteiger partial charge on any atom is 0.135 e. The average Bonchev–Trinajstić information content (AvgIpc) is 4.05. The topological polar surface area (TPSA) is 32.5 Å². The van der Waals surface area contributed by atoms with Crippen LogP contribution in [-0.2, 0) is 0 Å². The molecule has 0 saturated heterocycles. The first-order valence-corrected chi connectivity index (χ1v) is 25.2. The fourth-order valence-corrected chi connectivity index (χ4v) is 12.2. The first kappa shape index (κ1) is 40.6. The van der Waals surface area contributed by atoms with Gasteiger partial charge in [-0.25, -0.2) is 4.98 Å². The van der Waals surface area contributed by atoms with Crippen molar-refractivity contribution in [2.45, 2.75) is 0 Å². The summed E-state index contributed by atoms with van der Waals surface area (Å²) in [5.74, 6) is 0. The number of furan rings is 1. The van der Waals surface area contributed by atoms with Crippen molar-refractivity contribution in [2.24, 2.45) is 0 Å². The van der Waals surface area contributed by atoms with E-state index in [0.717, 1.165) is 72.2 Å². The first-order valence-electron chi connectivity index (χ1n) is 24.4. The van der Waals surface area contributed by atoms with E-state index in [1.54, 1.807) is 11.3 Å². The van der Waals surface area contributed by atoms with E-state index < -0.39 is 0 Å². The van der Waals surface area contributed by atoms with Gasteiger partial charge in [0.05, 0.1) is 21.6 Å². The lowest BCUT2D eigenvalue weighted by molar-refractivity contribution is 0.669. The summed E-state index contributed by atoms with van der Waals surface area (Å²) < 4.78 is 7.53. The number of fused-ring (bicyclic) bond motifs is 13. The predicted molar refractivity (Wildman–Crippen MR) is 307 cm³/mol. The van der Waals surface area contributed by atoms with Gasteiger partial charge in [-0.3, -0.25) is 0 Å². The molecule has 4 nitrogen and oxygen atoms in total. The number of anilines is 6. The fourth-order valence-electron chi connectivity index (χ4n) is 11.2. The maximum atomic E-state index is 6.34. The van der Waals surface area contributed by atoms with E-state index >= 15 is 0 Å². The summed E-state index contributed by atoms with van der Waals surface area (Å²) in [6.07, 6.45) is 0. The number of hydrogen-bond donors (Lipinski definition) is 0. The first-order chi connectivity index (χ1) is 35.7. The lowest BCUT2D eigenvalue weighted by atomic mass is 9.97. The Labute approximate surface area is 418 Å². The molecule has 13 aromatic carbocycles. The minimum absolute atomic E-state index is 0.876. The Bertz CT molecular complexity index is 4630. The third-order valence-corrected chi connectivity index (χ3v) is 15.7. The molecule has 336 valence electrons. The summed E-state index contributed by atoms with van der Waals surface area (Å²) >= 11 is 1.73. The fraction of sp³-hybridized carbons (Fsp3) is 0. The molecule has 5 heteroatoms. The van der Waals surface area contributed by atoms with Crippen molar-refractivity contribution in [3.63, 3.8) is 0 Å². The Hall–Kier alpha value is -9.29. The van der Waals surface area contributed by atoms with Gasteiger partial charge in [-0.2, -0.15) is 0 Å². The summed E-state index contributed by atoms with van der Waals surface area (Å²) in [6.45, 7) is 0. The van der Waals surface area contributed by atoms with E-state index in [9.17, 15) is 0 Å². The number of aromatic nitrogens is 1. The zero-order valence-corrected chi connectivity index (χ0v) is 39.6. The second-order valence-corrected chi connectivity index (χ2v) is 19.7. The molecule has 0 fully saturated rings. The highest BCUT2D eigenvalue weighted by atomic mass is 32.1. The van der Waals surface area contributed by atoms with Crippen LogP contribution >= 0.6 is 11.3 Å². The Morgan fingerprint density at radius 3 is 1.38 bits per heavy atom. The normalized spacial score (nSPS) is 11.9. The quantitative estimate of drug-likeness (QED) is 0.149. The summed E-state index contributed by atoms with van der Waals surface area (Å²) in [5, 5.41) is 17.7. The van der Waals surface area contributed by atoms with Crippen molar-refractivity contribution < 1.29 is 4.42 Å². The molecule has 15 aromatic rings. The summed E-state index contributed by atoms with van der Waals surface area (Å²) in [4.78, 5) is 9.85. The van der Waals surface area contributed by atoms with Gasteiger partial charge < -0.3 is 14.2 Å². The van der Waals surface area contributed by atoms with Crippen LogP contribution in [0.5, 0.6) is 0 Å². The van der Waals surface area contributed by atoms with Crippen LogP contribution in [0.2, 0.25) is 0 Å². The van der Waals surface area contributed by atoms with E-state index in [1.807, 2.05) is 12.1 Å². The van der Waals surface area contributed by atoms with E-state index in [1.165, 1.54) is 69.3 Å². The number of rotatable bonds is 7. The van der Waals surface area contributed by atoms with Crippen LogP contribution in [0.15, 0.2) is 253 Å². The Kier molecular flexibility index (Phi) is 9.10. The highest BCUT2D eigenvalue weighted by Gasteiger charge is 2.22. The molecule has 0 aliphatic rings. The number of hydrogen-bond acceptors (Lipinski definition) is 5. The van der Waals surface area contributed by atoms with Crippen LogP contribution in [0.4, 0.5) is 34.1 Å². The molecule has 0 unspecified atom stereocenters. The minimum Gasteiger partial charge on any atom is -0.456 e. The van der Waals surface area contributed by atoms with Gasteiger partial charge >= 0.3 is 0 Å². The van der Waals surface area contributed by atoms with Gasteiger partial charge in [-0.05, 0) is 151 Å². The van der Waals surface area contributed by atoms with Crippen LogP contribution in [0.3, 0.4) is 0 Å². The van der Waals surface area contributed by atoms with Crippen molar-refractivity contribution in [1.82, 2.24) is 4.98 Å². The van der Waals surface area contributed by atoms with Gasteiger partial charge in [-0.15, -0.1) is 11.3 Å². The largest absolute Gasteiger partial charge is 0.456 e. The molecule has 15 rings (SSSR count). The highest BCUT2D eigenvalue weighted by Crippen LogP contribution is 2.47. The molecule has 2 aromatic heterocycles. The molecule has 0 N–H and O–H groups in total. The second-order valence-electron chi connectivity index (χ2n) is 18.7. The molecular formula is C67H41N3OS. The highest BCUT2D eigenvalue weighted by molar-refractivity contribution is 7.21. The Morgan fingerprint density at radius 1 is 0.306 bits per heavy atom. The molecule has 0 radical (unpaired) electrons. The third-order valence-electron chi connectivity index (χ3n) is 14.6. The van der Waals surface area contributed by atoms with Gasteiger partial charge in [0, 0.05) is 49.9 Å². The molecule has 0 amide bonds. The third kappa shape index (κ3) is 6.48. The standard InChI is InChI=1S/C67H41N3OS/c1-3-15-51-43(13-1)39-62(57-19-7-5-17-55(51)57)69(47-29-27-42(28-30-47)67-68-61-22-10-12-24-66(61)72-67)48-31-34-53-45(37-48)25-26-46-38-49(32-35-54(46)53)70(50-33-36-65-60(41-50)59-21-9-11-23-64(59)71-65)63-40-44-14-2-4-16-52(44)56-18-6-8-20-58(56)63/h1-41H. The molecule has 0 saturated carbocycles. The van der Waals surface area contributed by atoms with Crippen LogP contribution in [0.1, 0.15) is 0 Å². The van der Waals surface area contributed by atoms with Gasteiger partial charge in [0.25, 0.3) is 0 Å². The van der Waals surface area contributed by atoms with Crippen molar-refractivity contribution in [2.75, 3.05) is 9.80 Å². The smallest absolute Gasteiger partial charge is 0.135 e. The molecule has 0 atom stereocenters. The van der Waals surface area contributed by atoms with E-state index in [-0.39, 0.29) is 0 Å². The molecular weight excluding hydrogens is 895 g/mol. The van der Waals surface area contributed by atoms with Gasteiger partial charge in [0.15, 0.2) is 0 Å². The summed E-state index contributed by atoms with van der Waals surface area (Å²) in [6, 6.07) is 90.4. The molecule has 72 heavy (non-hydrogen) atoms. The van der Waals surface area contributed by atoms with Gasteiger partial charge in [-0.1, -0.05) is 152 Å². The van der Waals surface area contributed by atoms with Crippen LogP contribution in [0, 0.1) is 0 Å². The van der Waals surface area contributed by atoms with Crippen molar-refractivity contribution in [1.29, 1.82) is 0 Å². The second kappa shape index (κ2) is 16.1. The summed E-state index contributed by atoms with van der Waals surface area (Å²) in [7, 11) is 0. The van der Waals surface area contributed by atoms with E-state index in [4.69, 9.17) is 9.40 Å². The number of nitrogens with zero attached hydrogens (tertiary/aromatic N) is 3. The minimum atomic E-state index is 0.876. The van der Waals surface area contributed by atoms with Crippen molar-refractivity contribution in [3.8, 4) is 10.6 Å². The van der Waals surface area contributed by atoms with Crippen molar-refractivity contribution >= 4 is 142 Å². The van der Waals surface area contributed by atoms with Gasteiger partial charge in [0.2, 0.25) is 0 Å². The maximum absolute atomic E-state index is 6.34. The zero-order valence-electron chi connectivity index (χ0n) is 38.8. The van der Waals surface area contributed by atoms with Crippen molar-refractivity contribution in [3.05, 3.63) is 249 Å². The monoisotopic (exact) mass is 935 g/mol. The Balaban J connectivity index is 0.891. The number of benzene rings is 13. The summed E-state index contributed by atoms with van der Waals surface area (Å²) in [5.41, 5.74) is 10.5. The Morgan fingerprint density at radius 2 is 0.750 bits per heavy atom. The average molecular weight is 936 g/mol. The van der Waals surface area contributed by atoms with Crippen LogP contribution < -0.4 is 9.80 Å². The molecule has 0 bridgehead atoms. The van der Waals surface area contributed by atoms with Gasteiger partial charge in [0.1, 0.15) is 16.2 Å². The van der Waals surface area contributed by atoms with E-state index in [2.05, 4.69) is 246 Å². The lowest BCUT2D eigenvalue weighted by Crippen LogP contribution is -2.11. The lowest BCUT2D eigenvalue weighted by Gasteiger charge is -2.28. The van der Waals surface area contributed by atoms with E-state index in [0.29, 0.717) is 0 Å². The van der Waals surface area contributed by atoms with Crippen LogP contribution in [-0.4, -0.2) is 4.98 Å². The predicted octanol–water partition coefficient (Wildman–Crippen LogP) is 19.7. The molecule has 2 heterocycles. The SMILES string of the molecule is c1ccc2c(c1)cc(N(c1ccc(-c3nc4ccccc4s3)cc1)c1ccc3c(ccc4cc(N(c5ccc6oc7ccccc7c6c5)c5cc6ccccc6c6ccccc56)ccc43)c1)c1ccccc12. The molecule has 0 aliphatic carbocycles. The molecule has 0 spiro atoms. The van der Waals surface area contributed by atoms with Crippen LogP contribution in [0.25, 0.3) is 107 Å².